The monoisotopic (exact) mass is 560 g/mol. The molecule has 0 N–H and O–H groups in total. The molecule has 41 heavy (non-hydrogen) atoms. The molecule has 0 aliphatic carbocycles. The summed E-state index contributed by atoms with van der Waals surface area (Å²) in [5.74, 6) is -0.740. The molecule has 0 heterocycles. The van der Waals surface area contributed by atoms with Crippen LogP contribution < -0.4 is 18.9 Å². The van der Waals surface area contributed by atoms with Crippen LogP contribution in [0.15, 0.2) is 92.0 Å². The van der Waals surface area contributed by atoms with Gasteiger partial charge in [-0.25, -0.2) is 19.2 Å². The first-order chi connectivity index (χ1) is 19.8. The third-order valence-electron chi connectivity index (χ3n) is 5.30. The molecule has 0 saturated carbocycles. The third kappa shape index (κ3) is 9.70. The average molecular weight is 561 g/mol. The zero-order valence-electron chi connectivity index (χ0n) is 22.3. The predicted octanol–water partition coefficient (Wildman–Crippen LogP) is 5.00. The number of rotatable bonds is 14. The van der Waals surface area contributed by atoms with E-state index in [0.717, 1.165) is 12.2 Å². The van der Waals surface area contributed by atoms with Crippen LogP contribution in [0.4, 0.5) is 0 Å². The lowest BCUT2D eigenvalue weighted by atomic mass is 10.2. The molecular weight excluding hydrogens is 532 g/mol. The summed E-state index contributed by atoms with van der Waals surface area (Å²) in [6.07, 6.45) is 2.62. The highest BCUT2D eigenvalue weighted by Crippen LogP contribution is 2.25. The molecule has 0 bridgehead atoms. The highest BCUT2D eigenvalue weighted by atomic mass is 16.7. The molecule has 3 rings (SSSR count). The summed E-state index contributed by atoms with van der Waals surface area (Å²) in [7, 11) is 0. The lowest BCUT2D eigenvalue weighted by Gasteiger charge is -2.11. The minimum absolute atomic E-state index is 0.215. The number of hydrogen-bond acceptors (Lipinski definition) is 10. The Labute approximate surface area is 236 Å². The molecule has 0 aromatic heterocycles. The van der Waals surface area contributed by atoms with E-state index in [-0.39, 0.29) is 24.7 Å². The van der Waals surface area contributed by atoms with E-state index in [1.54, 1.807) is 37.3 Å². The summed E-state index contributed by atoms with van der Waals surface area (Å²) in [4.78, 5) is 47.2. The number of ether oxygens (including phenoxy) is 6. The second kappa shape index (κ2) is 15.3. The van der Waals surface area contributed by atoms with E-state index < -0.39 is 23.9 Å². The van der Waals surface area contributed by atoms with Crippen molar-refractivity contribution in [2.75, 3.05) is 20.0 Å². The van der Waals surface area contributed by atoms with Crippen LogP contribution >= 0.6 is 0 Å². The van der Waals surface area contributed by atoms with E-state index in [9.17, 15) is 19.2 Å². The lowest BCUT2D eigenvalue weighted by Crippen LogP contribution is -2.11. The predicted molar refractivity (Wildman–Crippen MR) is 147 cm³/mol. The molecule has 0 atom stereocenters. The van der Waals surface area contributed by atoms with Gasteiger partial charge >= 0.3 is 23.9 Å². The van der Waals surface area contributed by atoms with Crippen LogP contribution in [0.2, 0.25) is 0 Å². The summed E-state index contributed by atoms with van der Waals surface area (Å²) in [6.45, 7) is 8.58. The number of aryl methyl sites for hydroxylation is 1. The molecule has 10 heteroatoms. The van der Waals surface area contributed by atoms with E-state index in [0.29, 0.717) is 41.4 Å². The van der Waals surface area contributed by atoms with Gasteiger partial charge in [0, 0.05) is 18.6 Å². The van der Waals surface area contributed by atoms with Crippen LogP contribution in [-0.4, -0.2) is 43.9 Å². The summed E-state index contributed by atoms with van der Waals surface area (Å²) in [5, 5.41) is 0. The van der Waals surface area contributed by atoms with Gasteiger partial charge in [-0.15, -0.1) is 0 Å². The van der Waals surface area contributed by atoms with Crippen molar-refractivity contribution in [3.63, 3.8) is 0 Å². The Morgan fingerprint density at radius 2 is 1.20 bits per heavy atom. The van der Waals surface area contributed by atoms with Gasteiger partial charge in [-0.2, -0.15) is 0 Å². The minimum Gasteiger partial charge on any atom is -0.493 e. The molecule has 0 spiro atoms. The van der Waals surface area contributed by atoms with Gasteiger partial charge < -0.3 is 28.4 Å². The van der Waals surface area contributed by atoms with Gasteiger partial charge in [0.25, 0.3) is 0 Å². The van der Waals surface area contributed by atoms with Crippen molar-refractivity contribution in [1.29, 1.82) is 0 Å². The molecule has 10 nitrogen and oxygen atoms in total. The molecule has 0 aliphatic heterocycles. The fraction of sp³-hybridized carbons (Fsp3) is 0.161. The number of carbonyl (C=O) groups excluding carboxylic acids is 4. The zero-order chi connectivity index (χ0) is 29.6. The fourth-order valence-electron chi connectivity index (χ4n) is 3.19. The van der Waals surface area contributed by atoms with Gasteiger partial charge in [0.05, 0.1) is 24.3 Å². The van der Waals surface area contributed by atoms with Crippen molar-refractivity contribution >= 4 is 23.9 Å². The summed E-state index contributed by atoms with van der Waals surface area (Å²) in [5.41, 5.74) is 1.17. The summed E-state index contributed by atoms with van der Waals surface area (Å²) >= 11 is 0. The van der Waals surface area contributed by atoms with Crippen LogP contribution in [0.3, 0.4) is 0 Å². The van der Waals surface area contributed by atoms with Gasteiger partial charge in [-0.3, -0.25) is 0 Å². The van der Waals surface area contributed by atoms with Gasteiger partial charge in [-0.05, 0) is 79.2 Å². The molecule has 0 radical (unpaired) electrons. The topological polar surface area (TPSA) is 124 Å². The van der Waals surface area contributed by atoms with Crippen molar-refractivity contribution in [2.45, 2.75) is 13.3 Å². The Morgan fingerprint density at radius 1 is 0.659 bits per heavy atom. The highest BCUT2D eigenvalue weighted by Gasteiger charge is 2.14. The second-order valence-corrected chi connectivity index (χ2v) is 8.26. The molecule has 0 aliphatic rings. The molecule has 0 unspecified atom stereocenters. The Hall–Kier alpha value is -5.38. The largest absolute Gasteiger partial charge is 0.493 e. The number of carbonyl (C=O) groups is 4. The Morgan fingerprint density at radius 3 is 1.78 bits per heavy atom. The highest BCUT2D eigenvalue weighted by molar-refractivity contribution is 5.92. The van der Waals surface area contributed by atoms with Gasteiger partial charge in [0.2, 0.25) is 6.79 Å². The maximum atomic E-state index is 12.6. The second-order valence-electron chi connectivity index (χ2n) is 8.26. The first kappa shape index (κ1) is 30.2. The van der Waals surface area contributed by atoms with Crippen LogP contribution in [0.1, 0.15) is 32.7 Å². The Kier molecular flexibility index (Phi) is 11.2. The molecule has 0 fully saturated rings. The van der Waals surface area contributed by atoms with Crippen molar-refractivity contribution in [3.05, 3.63) is 109 Å². The van der Waals surface area contributed by atoms with Crippen molar-refractivity contribution in [2.24, 2.45) is 0 Å². The molecular formula is C31H28O10. The lowest BCUT2D eigenvalue weighted by molar-refractivity contribution is -0.144. The van der Waals surface area contributed by atoms with E-state index in [1.807, 2.05) is 0 Å². The van der Waals surface area contributed by atoms with Crippen LogP contribution in [0.5, 0.6) is 23.0 Å². The molecule has 0 amide bonds. The number of benzene rings is 3. The maximum Gasteiger partial charge on any atom is 0.343 e. The molecule has 0 saturated heterocycles. The Balaban J connectivity index is 1.48. The third-order valence-corrected chi connectivity index (χ3v) is 5.30. The van der Waals surface area contributed by atoms with Gasteiger partial charge in [-0.1, -0.05) is 13.2 Å². The van der Waals surface area contributed by atoms with E-state index >= 15 is 0 Å². The minimum atomic E-state index is -0.611. The average Bonchev–Trinajstić information content (AvgIpc) is 2.98. The van der Waals surface area contributed by atoms with Crippen LogP contribution in [0.25, 0.3) is 0 Å². The molecule has 212 valence electrons. The number of esters is 4. The number of hydrogen-bond donors (Lipinski definition) is 0. The smallest absolute Gasteiger partial charge is 0.343 e. The standard InChI is InChI=1S/C31H28O10/c1-4-28(32)37-18-6-17-36-24-11-7-22(8-12-24)30(34)40-26-15-16-27(21(3)19-26)41-31(35)23-9-13-25(14-10-23)38-20-39-29(33)5-2/h4-5,7-16,19H,1-2,6,17-18,20H2,3H3. The van der Waals surface area contributed by atoms with Gasteiger partial charge in [0.15, 0.2) is 0 Å². The summed E-state index contributed by atoms with van der Waals surface area (Å²) in [6, 6.07) is 17.1. The van der Waals surface area contributed by atoms with Gasteiger partial charge in [0.1, 0.15) is 23.0 Å². The van der Waals surface area contributed by atoms with E-state index in [1.165, 1.54) is 36.4 Å². The molecule has 3 aromatic rings. The van der Waals surface area contributed by atoms with Crippen LogP contribution in [-0.2, 0) is 19.1 Å². The molecule has 3 aromatic carbocycles. The van der Waals surface area contributed by atoms with Crippen LogP contribution in [0, 0.1) is 6.92 Å². The Bertz CT molecular complexity index is 1390. The van der Waals surface area contributed by atoms with Crippen molar-refractivity contribution in [1.82, 2.24) is 0 Å². The van der Waals surface area contributed by atoms with Crippen molar-refractivity contribution in [3.8, 4) is 23.0 Å². The van der Waals surface area contributed by atoms with E-state index in [2.05, 4.69) is 13.2 Å². The quantitative estimate of drug-likeness (QED) is 0.0875. The first-order valence-corrected chi connectivity index (χ1v) is 12.4. The first-order valence-electron chi connectivity index (χ1n) is 12.4. The fourth-order valence-corrected chi connectivity index (χ4v) is 3.19. The zero-order valence-corrected chi connectivity index (χ0v) is 22.3. The maximum absolute atomic E-state index is 12.6. The van der Waals surface area contributed by atoms with Crippen molar-refractivity contribution < 1.29 is 47.6 Å². The normalized spacial score (nSPS) is 10.1. The van der Waals surface area contributed by atoms with E-state index in [4.69, 9.17) is 28.4 Å². The summed E-state index contributed by atoms with van der Waals surface area (Å²) < 4.78 is 31.4. The SMILES string of the molecule is C=CC(=O)OCCCOc1ccc(C(=O)Oc2ccc(OC(=O)c3ccc(OCOC(=O)C=C)cc3)c(C)c2)cc1.